The van der Waals surface area contributed by atoms with Gasteiger partial charge in [-0.25, -0.2) is 4.98 Å². The van der Waals surface area contributed by atoms with Crippen LogP contribution < -0.4 is 65.5 Å². The molecule has 29 nitrogen and oxygen atoms in total. The highest BCUT2D eigenvalue weighted by atomic mass is 16.4. The van der Waals surface area contributed by atoms with E-state index in [0.29, 0.717) is 18.5 Å². The van der Waals surface area contributed by atoms with Crippen LogP contribution in [0, 0.1) is 17.8 Å². The normalized spacial score (nSPS) is 16.7. The lowest BCUT2D eigenvalue weighted by molar-refractivity contribution is -0.147. The van der Waals surface area contributed by atoms with Crippen LogP contribution in [-0.2, 0) is 54.4 Å². The number of amides is 9. The lowest BCUT2D eigenvalue weighted by Crippen LogP contribution is -2.62. The van der Waals surface area contributed by atoms with Crippen LogP contribution in [0.3, 0.4) is 0 Å². The molecule has 0 spiro atoms. The number of carboxylic acids is 1. The first-order valence-corrected chi connectivity index (χ1v) is 27.4. The van der Waals surface area contributed by atoms with Crippen LogP contribution in [0.2, 0.25) is 0 Å². The van der Waals surface area contributed by atoms with Crippen molar-refractivity contribution in [1.29, 1.82) is 0 Å². The monoisotopic (exact) mass is 1130 g/mol. The quantitative estimate of drug-likeness (QED) is 0.0173. The average molecular weight is 1140 g/mol. The molecule has 80 heavy (non-hydrogen) atoms. The summed E-state index contributed by atoms with van der Waals surface area (Å²) in [5.74, 6) is -9.46. The van der Waals surface area contributed by atoms with Crippen molar-refractivity contribution in [1.82, 2.24) is 57.4 Å². The maximum absolute atomic E-state index is 14.3. The first kappa shape index (κ1) is 69.1. The largest absolute Gasteiger partial charge is 0.480 e. The van der Waals surface area contributed by atoms with E-state index in [1.807, 2.05) is 13.8 Å². The molecular weight excluding hydrogens is 1040 g/mol. The number of aliphatic carboxylic acids is 1. The number of nitrogens with one attached hydrogen (secondary N) is 9. The highest BCUT2D eigenvalue weighted by molar-refractivity contribution is 5.98. The van der Waals surface area contributed by atoms with Gasteiger partial charge in [0, 0.05) is 31.4 Å². The fourth-order valence-corrected chi connectivity index (χ4v) is 8.81. The Kier molecular flexibility index (Phi) is 30.8. The standard InChI is InChI=1S/C51H90N16O13/c1-8-28(4)40(50(80)67(24-27(2)3)25-39(71)72)64-45(75)35(17-12-18-52)61-38(70)23-58-48(78)41(30(6)68)66-49(79)42(31(7)69)65-47(77)37(21-33-22-56-26-59-33)63-46(76)36(20-32-14-10-9-11-15-32)62-43(73)29(5)60-44(74)34(53)16-13-19-57-51(54)55/h22,26-32,34-37,40-42,68-69H,8-21,23-25,52-53H2,1-7H3,(H,56,59)(H,58,78)(H,60,74)(H,61,70)(H,62,73)(H,63,76)(H,64,75)(H,65,77)(H,66,79)(H,71,72)(H4,54,55,57)/t28?,29-,30+,31+,34-,35-,36-,37-,40-,41-,42-/m0/s1. The number of guanidine groups is 1. The highest BCUT2D eigenvalue weighted by Crippen LogP contribution is 2.27. The highest BCUT2D eigenvalue weighted by Gasteiger charge is 2.37. The van der Waals surface area contributed by atoms with Gasteiger partial charge in [-0.15, -0.1) is 0 Å². The van der Waals surface area contributed by atoms with Gasteiger partial charge in [-0.05, 0) is 77.2 Å². The maximum Gasteiger partial charge on any atom is 0.323 e. The third kappa shape index (κ3) is 25.0. The average Bonchev–Trinajstić information content (AvgIpc) is 3.92. The van der Waals surface area contributed by atoms with E-state index >= 15 is 0 Å². The van der Waals surface area contributed by atoms with Crippen LogP contribution in [0.5, 0.6) is 0 Å². The predicted octanol–water partition coefficient (Wildman–Crippen LogP) is -4.05. The van der Waals surface area contributed by atoms with E-state index in [2.05, 4.69) is 57.5 Å². The molecule has 0 aliphatic heterocycles. The van der Waals surface area contributed by atoms with E-state index in [1.165, 1.54) is 26.4 Å². The zero-order valence-electron chi connectivity index (χ0n) is 47.3. The van der Waals surface area contributed by atoms with E-state index in [0.717, 1.165) is 43.9 Å². The molecule has 1 aromatic rings. The fraction of sp³-hybridized carbons (Fsp3) is 0.725. The van der Waals surface area contributed by atoms with Crippen LogP contribution in [0.25, 0.3) is 0 Å². The van der Waals surface area contributed by atoms with Gasteiger partial charge in [-0.3, -0.25) is 52.9 Å². The number of aliphatic hydroxyl groups is 2. The molecule has 1 aliphatic rings. The third-order valence-electron chi connectivity index (χ3n) is 13.5. The molecule has 1 aliphatic carbocycles. The van der Waals surface area contributed by atoms with Gasteiger partial charge < -0.3 is 90.7 Å². The van der Waals surface area contributed by atoms with Gasteiger partial charge in [0.15, 0.2) is 5.96 Å². The smallest absolute Gasteiger partial charge is 0.323 e. The summed E-state index contributed by atoms with van der Waals surface area (Å²) in [5.41, 5.74) is 22.8. The number of aromatic amines is 1. The first-order valence-electron chi connectivity index (χ1n) is 27.4. The predicted molar refractivity (Wildman–Crippen MR) is 294 cm³/mol. The van der Waals surface area contributed by atoms with Crippen molar-refractivity contribution in [2.24, 2.45) is 45.7 Å². The molecule has 0 saturated heterocycles. The van der Waals surface area contributed by atoms with Gasteiger partial charge in [-0.1, -0.05) is 66.2 Å². The summed E-state index contributed by atoms with van der Waals surface area (Å²) < 4.78 is 0. The number of hydrogen-bond donors (Lipinski definition) is 16. The van der Waals surface area contributed by atoms with Crippen molar-refractivity contribution in [2.45, 2.75) is 186 Å². The van der Waals surface area contributed by atoms with Crippen molar-refractivity contribution < 1.29 is 63.3 Å². The zero-order chi connectivity index (χ0) is 60.2. The second-order valence-corrected chi connectivity index (χ2v) is 21.0. The van der Waals surface area contributed by atoms with Gasteiger partial charge in [0.1, 0.15) is 48.8 Å². The van der Waals surface area contributed by atoms with Gasteiger partial charge in [0.2, 0.25) is 53.2 Å². The summed E-state index contributed by atoms with van der Waals surface area (Å²) in [6, 6.07) is -10.8. The molecule has 1 unspecified atom stereocenters. The number of nitrogens with two attached hydrogens (primary N) is 4. The van der Waals surface area contributed by atoms with Crippen molar-refractivity contribution >= 4 is 65.1 Å². The van der Waals surface area contributed by atoms with Crippen LogP contribution in [0.15, 0.2) is 17.5 Å². The number of nitrogens with zero attached hydrogens (tertiary/aromatic N) is 3. The summed E-state index contributed by atoms with van der Waals surface area (Å²) in [6.07, 6.45) is 5.08. The Morgan fingerprint density at radius 2 is 1.31 bits per heavy atom. The van der Waals surface area contributed by atoms with Crippen LogP contribution in [0.1, 0.15) is 125 Å². The van der Waals surface area contributed by atoms with Crippen molar-refractivity contribution in [3.8, 4) is 0 Å². The number of aliphatic imine (C=N–C) groups is 1. The molecule has 452 valence electrons. The lowest BCUT2D eigenvalue weighted by Gasteiger charge is -2.32. The fourth-order valence-electron chi connectivity index (χ4n) is 8.81. The Hall–Kier alpha value is -6.98. The molecule has 0 bridgehead atoms. The third-order valence-corrected chi connectivity index (χ3v) is 13.5. The second-order valence-electron chi connectivity index (χ2n) is 21.0. The second kappa shape index (κ2) is 35.6. The molecule has 9 amide bonds. The Morgan fingerprint density at radius 3 is 1.88 bits per heavy atom. The summed E-state index contributed by atoms with van der Waals surface area (Å²) in [6.45, 7) is 9.96. The topological polar surface area (TPSA) is 476 Å². The number of H-pyrrole nitrogens is 1. The number of aliphatic hydroxyl groups excluding tert-OH is 2. The molecule has 29 heteroatoms. The summed E-state index contributed by atoms with van der Waals surface area (Å²) in [7, 11) is 0. The maximum atomic E-state index is 14.3. The SMILES string of the molecule is CCC(C)[C@H](NC(=O)[C@H](CCCN)NC(=O)CNC(=O)[C@@H](NC(=O)[C@@H](NC(=O)[C@H](Cc1cnc[nH]1)NC(=O)[C@H](CC1CCCCC1)NC(=O)[C@H](C)NC(=O)[C@@H](N)CCCN=C(N)N)[C@@H](C)O)[C@@H](C)O)C(=O)N(CC(=O)O)CC(C)C. The van der Waals surface area contributed by atoms with Gasteiger partial charge >= 0.3 is 5.97 Å². The van der Waals surface area contributed by atoms with Crippen molar-refractivity contribution in [2.75, 3.05) is 32.7 Å². The number of carbonyl (C=O) groups is 10. The van der Waals surface area contributed by atoms with E-state index in [9.17, 15) is 63.3 Å². The Morgan fingerprint density at radius 1 is 0.725 bits per heavy atom. The van der Waals surface area contributed by atoms with E-state index in [1.54, 1.807) is 13.8 Å². The molecule has 1 saturated carbocycles. The number of rotatable bonds is 36. The summed E-state index contributed by atoms with van der Waals surface area (Å²) >= 11 is 0. The van der Waals surface area contributed by atoms with E-state index in [4.69, 9.17) is 22.9 Å². The molecule has 1 fully saturated rings. The number of carboxylic acid groups (broad SMARTS) is 1. The molecule has 1 aromatic heterocycles. The van der Waals surface area contributed by atoms with Crippen molar-refractivity contribution in [3.63, 3.8) is 0 Å². The van der Waals surface area contributed by atoms with Gasteiger partial charge in [0.25, 0.3) is 0 Å². The zero-order valence-corrected chi connectivity index (χ0v) is 47.3. The first-order chi connectivity index (χ1) is 37.7. The van der Waals surface area contributed by atoms with Crippen LogP contribution >= 0.6 is 0 Å². The molecule has 0 aromatic carbocycles. The summed E-state index contributed by atoms with van der Waals surface area (Å²) in [5, 5.41) is 51.2. The number of hydrogen-bond acceptors (Lipinski definition) is 16. The van der Waals surface area contributed by atoms with Crippen LogP contribution in [-0.4, -0.2) is 189 Å². The van der Waals surface area contributed by atoms with E-state index in [-0.39, 0.29) is 69.5 Å². The van der Waals surface area contributed by atoms with Crippen molar-refractivity contribution in [3.05, 3.63) is 18.2 Å². The molecule has 20 N–H and O–H groups in total. The number of carbonyl (C=O) groups excluding carboxylic acids is 9. The molecular formula is C51H90N16O13. The van der Waals surface area contributed by atoms with Gasteiger partial charge in [-0.2, -0.15) is 0 Å². The number of aromatic nitrogens is 2. The summed E-state index contributed by atoms with van der Waals surface area (Å²) in [4.78, 5) is 147. The van der Waals surface area contributed by atoms with Crippen LogP contribution in [0.4, 0.5) is 0 Å². The lowest BCUT2D eigenvalue weighted by atomic mass is 9.84. The minimum Gasteiger partial charge on any atom is -0.480 e. The Labute approximate surface area is 467 Å². The number of imidazole rings is 1. The van der Waals surface area contributed by atoms with Gasteiger partial charge in [0.05, 0.1) is 31.1 Å². The minimum absolute atomic E-state index is 0.0128. The minimum atomic E-state index is -1.81. The molecule has 2 rings (SSSR count). The molecule has 0 radical (unpaired) electrons. The van der Waals surface area contributed by atoms with E-state index < -0.39 is 139 Å². The molecule has 1 heterocycles. The molecule has 11 atom stereocenters. The Balaban J connectivity index is 2.27. The Bertz CT molecular complexity index is 2200.